The summed E-state index contributed by atoms with van der Waals surface area (Å²) >= 11 is 6.22. The number of Topliss-reactive ketones (excluding diaryl/α,β-unsaturated/α-hetero) is 1. The molecule has 1 saturated heterocycles. The molecule has 0 aliphatic carbocycles. The van der Waals surface area contributed by atoms with E-state index in [0.717, 1.165) is 19.6 Å². The van der Waals surface area contributed by atoms with Gasteiger partial charge in [-0.15, -0.1) is 0 Å². The molecule has 32 heavy (non-hydrogen) atoms. The first kappa shape index (κ1) is 23.8. The number of benzene rings is 2. The zero-order valence-corrected chi connectivity index (χ0v) is 19.4. The number of hydrogen-bond donors (Lipinski definition) is 1. The van der Waals surface area contributed by atoms with Crippen molar-refractivity contribution in [3.05, 3.63) is 70.3 Å². The lowest BCUT2D eigenvalue weighted by atomic mass is 9.95. The van der Waals surface area contributed by atoms with Gasteiger partial charge in [-0.05, 0) is 55.9 Å². The number of hydrogen-bond acceptors (Lipinski definition) is 5. The van der Waals surface area contributed by atoms with Crippen LogP contribution in [0, 0.1) is 0 Å². The summed E-state index contributed by atoms with van der Waals surface area (Å²) in [4.78, 5) is 29.9. The highest BCUT2D eigenvalue weighted by Crippen LogP contribution is 2.40. The van der Waals surface area contributed by atoms with Crippen LogP contribution in [0.1, 0.15) is 37.4 Å². The SMILES string of the molecule is CCN(CC)CCCN1C(=O)C(=O)/C(=C(\O)c2cccc(OC)c2)C1c1cccc(Cl)c1. The molecular weight excluding hydrogens is 428 g/mol. The molecule has 1 unspecified atom stereocenters. The Labute approximate surface area is 194 Å². The lowest BCUT2D eigenvalue weighted by Gasteiger charge is -2.27. The number of carbonyl (C=O) groups is 2. The van der Waals surface area contributed by atoms with E-state index in [0.29, 0.717) is 34.9 Å². The number of ketones is 1. The maximum atomic E-state index is 13.1. The molecule has 0 radical (unpaired) electrons. The monoisotopic (exact) mass is 456 g/mol. The average molecular weight is 457 g/mol. The summed E-state index contributed by atoms with van der Waals surface area (Å²) in [5.41, 5.74) is 1.16. The van der Waals surface area contributed by atoms with E-state index < -0.39 is 17.7 Å². The van der Waals surface area contributed by atoms with Crippen molar-refractivity contribution in [3.63, 3.8) is 0 Å². The van der Waals surface area contributed by atoms with Gasteiger partial charge in [-0.3, -0.25) is 9.59 Å². The van der Waals surface area contributed by atoms with E-state index >= 15 is 0 Å². The third-order valence-electron chi connectivity index (χ3n) is 5.82. The van der Waals surface area contributed by atoms with Crippen molar-refractivity contribution in [2.75, 3.05) is 33.3 Å². The van der Waals surface area contributed by atoms with Gasteiger partial charge in [-0.2, -0.15) is 0 Å². The number of methoxy groups -OCH3 is 1. The first-order valence-electron chi connectivity index (χ1n) is 10.8. The fourth-order valence-electron chi connectivity index (χ4n) is 4.06. The van der Waals surface area contributed by atoms with Crippen LogP contribution in [0.5, 0.6) is 5.75 Å². The second kappa shape index (κ2) is 10.7. The van der Waals surface area contributed by atoms with Crippen molar-refractivity contribution in [1.82, 2.24) is 9.80 Å². The molecule has 1 N–H and O–H groups in total. The quantitative estimate of drug-likeness (QED) is 0.341. The molecule has 6 nitrogen and oxygen atoms in total. The average Bonchev–Trinajstić information content (AvgIpc) is 3.06. The van der Waals surface area contributed by atoms with Crippen molar-refractivity contribution in [1.29, 1.82) is 0 Å². The fourth-order valence-corrected chi connectivity index (χ4v) is 4.26. The Morgan fingerprint density at radius 3 is 2.50 bits per heavy atom. The Balaban J connectivity index is 2.04. The van der Waals surface area contributed by atoms with Crippen LogP contribution in [0.2, 0.25) is 5.02 Å². The lowest BCUT2D eigenvalue weighted by molar-refractivity contribution is -0.140. The Kier molecular flexibility index (Phi) is 7.94. The van der Waals surface area contributed by atoms with E-state index in [2.05, 4.69) is 18.7 Å². The molecule has 1 heterocycles. The van der Waals surface area contributed by atoms with E-state index in [-0.39, 0.29) is 11.3 Å². The van der Waals surface area contributed by atoms with E-state index in [1.807, 2.05) is 6.07 Å². The summed E-state index contributed by atoms with van der Waals surface area (Å²) in [7, 11) is 1.53. The normalized spacial score (nSPS) is 17.9. The highest BCUT2D eigenvalue weighted by Gasteiger charge is 2.45. The van der Waals surface area contributed by atoms with E-state index in [1.165, 1.54) is 7.11 Å². The number of ether oxygens (including phenoxy) is 1. The number of rotatable bonds is 9. The number of aliphatic hydroxyl groups excluding tert-OH is 1. The van der Waals surface area contributed by atoms with Crippen molar-refractivity contribution >= 4 is 29.1 Å². The van der Waals surface area contributed by atoms with Gasteiger partial charge in [-0.1, -0.05) is 49.7 Å². The zero-order chi connectivity index (χ0) is 23.3. The predicted octanol–water partition coefficient (Wildman–Crippen LogP) is 4.50. The van der Waals surface area contributed by atoms with Crippen LogP contribution in [-0.2, 0) is 9.59 Å². The van der Waals surface area contributed by atoms with Crippen LogP contribution in [0.15, 0.2) is 54.1 Å². The third-order valence-corrected chi connectivity index (χ3v) is 6.05. The maximum Gasteiger partial charge on any atom is 0.295 e. The molecule has 0 aromatic heterocycles. The van der Waals surface area contributed by atoms with Crippen LogP contribution in [0.3, 0.4) is 0 Å². The zero-order valence-electron chi connectivity index (χ0n) is 18.7. The van der Waals surface area contributed by atoms with Gasteiger partial charge in [0.05, 0.1) is 18.7 Å². The Bertz CT molecular complexity index is 1020. The van der Waals surface area contributed by atoms with Crippen LogP contribution in [-0.4, -0.2) is 59.9 Å². The summed E-state index contributed by atoms with van der Waals surface area (Å²) in [5.74, 6) is -0.989. The summed E-state index contributed by atoms with van der Waals surface area (Å²) < 4.78 is 5.24. The molecule has 7 heteroatoms. The molecular formula is C25H29ClN2O4. The minimum absolute atomic E-state index is 0.0633. The topological polar surface area (TPSA) is 70.1 Å². The molecule has 0 saturated carbocycles. The van der Waals surface area contributed by atoms with Gasteiger partial charge < -0.3 is 19.6 Å². The van der Waals surface area contributed by atoms with Gasteiger partial charge >= 0.3 is 0 Å². The smallest absolute Gasteiger partial charge is 0.295 e. The van der Waals surface area contributed by atoms with Gasteiger partial charge in [0.1, 0.15) is 11.5 Å². The Morgan fingerprint density at radius 1 is 1.12 bits per heavy atom. The second-order valence-electron chi connectivity index (χ2n) is 7.66. The molecule has 1 aliphatic heterocycles. The first-order valence-corrected chi connectivity index (χ1v) is 11.2. The number of likely N-dealkylation sites (tertiary alicyclic amines) is 1. The minimum Gasteiger partial charge on any atom is -0.507 e. The van der Waals surface area contributed by atoms with Crippen molar-refractivity contribution < 1.29 is 19.4 Å². The second-order valence-corrected chi connectivity index (χ2v) is 8.10. The molecule has 2 aromatic carbocycles. The van der Waals surface area contributed by atoms with Crippen LogP contribution in [0.4, 0.5) is 0 Å². The number of carbonyl (C=O) groups excluding carboxylic acids is 2. The van der Waals surface area contributed by atoms with Gasteiger partial charge in [0.2, 0.25) is 0 Å². The number of nitrogens with zero attached hydrogens (tertiary/aromatic N) is 2. The molecule has 0 bridgehead atoms. The van der Waals surface area contributed by atoms with Gasteiger partial charge in [-0.25, -0.2) is 0 Å². The molecule has 1 fully saturated rings. The van der Waals surface area contributed by atoms with E-state index in [4.69, 9.17) is 16.3 Å². The minimum atomic E-state index is -0.711. The van der Waals surface area contributed by atoms with Gasteiger partial charge in [0.15, 0.2) is 0 Å². The summed E-state index contributed by atoms with van der Waals surface area (Å²) in [6.07, 6.45) is 0.713. The van der Waals surface area contributed by atoms with Crippen LogP contribution < -0.4 is 4.74 Å². The van der Waals surface area contributed by atoms with E-state index in [9.17, 15) is 14.7 Å². The number of aliphatic hydroxyl groups is 1. The van der Waals surface area contributed by atoms with Gasteiger partial charge in [0.25, 0.3) is 11.7 Å². The summed E-state index contributed by atoms with van der Waals surface area (Å²) in [6.45, 7) is 7.23. The molecule has 3 rings (SSSR count). The molecule has 1 aliphatic rings. The largest absolute Gasteiger partial charge is 0.507 e. The molecule has 0 spiro atoms. The summed E-state index contributed by atoms with van der Waals surface area (Å²) in [6, 6.07) is 13.1. The molecule has 1 atom stereocenters. The molecule has 2 aromatic rings. The Morgan fingerprint density at radius 2 is 1.84 bits per heavy atom. The third kappa shape index (κ3) is 4.97. The van der Waals surface area contributed by atoms with E-state index in [1.54, 1.807) is 47.4 Å². The predicted molar refractivity (Wildman–Crippen MR) is 126 cm³/mol. The van der Waals surface area contributed by atoms with Crippen molar-refractivity contribution in [2.45, 2.75) is 26.3 Å². The lowest BCUT2D eigenvalue weighted by Crippen LogP contribution is -2.33. The fraction of sp³-hybridized carbons (Fsp3) is 0.360. The molecule has 170 valence electrons. The maximum absolute atomic E-state index is 13.1. The number of halogens is 1. The van der Waals surface area contributed by atoms with Gasteiger partial charge in [0, 0.05) is 17.1 Å². The number of amides is 1. The van der Waals surface area contributed by atoms with Crippen LogP contribution >= 0.6 is 11.6 Å². The standard InChI is InChI=1S/C25H29ClN2O4/c1-4-27(5-2)13-8-14-28-22(17-9-6-11-19(26)15-17)21(24(30)25(28)31)23(29)18-10-7-12-20(16-18)32-3/h6-7,9-12,15-16,22,29H,4-5,8,13-14H2,1-3H3/b23-21-. The molecule has 1 amide bonds. The Hall–Kier alpha value is -2.83. The van der Waals surface area contributed by atoms with Crippen LogP contribution in [0.25, 0.3) is 5.76 Å². The summed E-state index contributed by atoms with van der Waals surface area (Å²) in [5, 5.41) is 11.6. The van der Waals surface area contributed by atoms with Crippen molar-refractivity contribution in [3.8, 4) is 5.75 Å². The highest BCUT2D eigenvalue weighted by atomic mass is 35.5. The first-order chi connectivity index (χ1) is 15.4. The highest BCUT2D eigenvalue weighted by molar-refractivity contribution is 6.46. The van der Waals surface area contributed by atoms with Crippen molar-refractivity contribution in [2.24, 2.45) is 0 Å².